The van der Waals surface area contributed by atoms with Gasteiger partial charge in [0.2, 0.25) is 0 Å². The predicted octanol–water partition coefficient (Wildman–Crippen LogP) is 1.65. The van der Waals surface area contributed by atoms with Gasteiger partial charge < -0.3 is 9.84 Å². The van der Waals surface area contributed by atoms with E-state index >= 15 is 0 Å². The fourth-order valence-electron chi connectivity index (χ4n) is 2.56. The molecular formula is C17H17N3O4. The summed E-state index contributed by atoms with van der Waals surface area (Å²) in [6.45, 7) is 2.50. The van der Waals surface area contributed by atoms with Gasteiger partial charge >= 0.3 is 0 Å². The van der Waals surface area contributed by atoms with E-state index in [0.717, 1.165) is 0 Å². The van der Waals surface area contributed by atoms with E-state index in [1.54, 1.807) is 30.3 Å². The molecule has 0 atom stereocenters. The van der Waals surface area contributed by atoms with Crippen LogP contribution in [0, 0.1) is 0 Å². The van der Waals surface area contributed by atoms with Crippen LogP contribution in [-0.2, 0) is 6.42 Å². The Balaban J connectivity index is 1.50. The molecule has 7 heteroatoms. The minimum Gasteiger partial charge on any atom is -0.361 e. The summed E-state index contributed by atoms with van der Waals surface area (Å²) in [5.74, 6) is -0.260. The number of rotatable bonds is 6. The van der Waals surface area contributed by atoms with E-state index in [0.29, 0.717) is 36.3 Å². The van der Waals surface area contributed by atoms with E-state index in [2.05, 4.69) is 10.5 Å². The van der Waals surface area contributed by atoms with Crippen molar-refractivity contribution in [1.29, 1.82) is 0 Å². The molecule has 0 saturated carbocycles. The van der Waals surface area contributed by atoms with Crippen molar-refractivity contribution >= 4 is 17.7 Å². The number of amides is 3. The van der Waals surface area contributed by atoms with Crippen LogP contribution in [0.25, 0.3) is 0 Å². The van der Waals surface area contributed by atoms with Crippen molar-refractivity contribution in [2.24, 2.45) is 0 Å². The van der Waals surface area contributed by atoms with Crippen LogP contribution in [0.2, 0.25) is 0 Å². The number of hydrogen-bond acceptors (Lipinski definition) is 5. The molecule has 0 radical (unpaired) electrons. The van der Waals surface area contributed by atoms with Crippen LogP contribution >= 0.6 is 0 Å². The highest BCUT2D eigenvalue weighted by Gasteiger charge is 2.34. The van der Waals surface area contributed by atoms with Gasteiger partial charge in [-0.2, -0.15) is 0 Å². The second-order valence-corrected chi connectivity index (χ2v) is 5.45. The Kier molecular flexibility index (Phi) is 4.41. The standard InChI is InChI=1S/C17H17N3O4/c1-2-11-10-14(19-24-11)15(21)18-8-5-9-20-16(22)12-6-3-4-7-13(12)17(20)23/h3-4,6-7,10H,2,5,8-9H2,1H3,(H,18,21). The van der Waals surface area contributed by atoms with E-state index in [-0.39, 0.29) is 30.0 Å². The maximum atomic E-state index is 12.2. The number of fused-ring (bicyclic) bond motifs is 1. The first kappa shape index (κ1) is 15.9. The van der Waals surface area contributed by atoms with Crippen LogP contribution in [0.1, 0.15) is 50.3 Å². The summed E-state index contributed by atoms with van der Waals surface area (Å²) in [6, 6.07) is 8.35. The number of nitrogens with zero attached hydrogens (tertiary/aromatic N) is 2. The average Bonchev–Trinajstić information content (AvgIpc) is 3.17. The van der Waals surface area contributed by atoms with Crippen LogP contribution in [0.15, 0.2) is 34.9 Å². The zero-order valence-electron chi connectivity index (χ0n) is 13.2. The normalized spacial score (nSPS) is 13.3. The fraction of sp³-hybridized carbons (Fsp3) is 0.294. The van der Waals surface area contributed by atoms with Gasteiger partial charge in [-0.15, -0.1) is 0 Å². The predicted molar refractivity (Wildman–Crippen MR) is 84.6 cm³/mol. The fourth-order valence-corrected chi connectivity index (χ4v) is 2.56. The quantitative estimate of drug-likeness (QED) is 0.643. The molecule has 2 heterocycles. The van der Waals surface area contributed by atoms with Crippen molar-refractivity contribution in [3.63, 3.8) is 0 Å². The second-order valence-electron chi connectivity index (χ2n) is 5.45. The molecule has 1 aromatic heterocycles. The van der Waals surface area contributed by atoms with E-state index in [9.17, 15) is 14.4 Å². The second kappa shape index (κ2) is 6.66. The SMILES string of the molecule is CCc1cc(C(=O)NCCCN2C(=O)c3ccccc3C2=O)no1. The summed E-state index contributed by atoms with van der Waals surface area (Å²) in [7, 11) is 0. The van der Waals surface area contributed by atoms with Gasteiger partial charge in [0.25, 0.3) is 17.7 Å². The van der Waals surface area contributed by atoms with Crippen LogP contribution in [-0.4, -0.2) is 40.9 Å². The summed E-state index contributed by atoms with van der Waals surface area (Å²) in [4.78, 5) is 37.5. The minimum absolute atomic E-state index is 0.229. The first-order valence-corrected chi connectivity index (χ1v) is 7.81. The molecule has 1 aromatic carbocycles. The lowest BCUT2D eigenvalue weighted by Crippen LogP contribution is -2.33. The Bertz CT molecular complexity index is 762. The van der Waals surface area contributed by atoms with Crippen LogP contribution in [0.5, 0.6) is 0 Å². The number of carbonyl (C=O) groups excluding carboxylic acids is 3. The third-order valence-electron chi connectivity index (χ3n) is 3.86. The number of aryl methyl sites for hydroxylation is 1. The van der Waals surface area contributed by atoms with Gasteiger partial charge in [0.1, 0.15) is 5.76 Å². The highest BCUT2D eigenvalue weighted by Crippen LogP contribution is 2.22. The minimum atomic E-state index is -0.333. The molecule has 0 bridgehead atoms. The van der Waals surface area contributed by atoms with Gasteiger partial charge in [-0.3, -0.25) is 19.3 Å². The summed E-state index contributed by atoms with van der Waals surface area (Å²) in [6.07, 6.45) is 1.13. The van der Waals surface area contributed by atoms with Crippen LogP contribution in [0.4, 0.5) is 0 Å². The van der Waals surface area contributed by atoms with Crippen molar-refractivity contribution in [3.05, 3.63) is 52.9 Å². The molecule has 0 spiro atoms. The van der Waals surface area contributed by atoms with Gasteiger partial charge in [-0.1, -0.05) is 24.2 Å². The van der Waals surface area contributed by atoms with Crippen LogP contribution in [0.3, 0.4) is 0 Å². The largest absolute Gasteiger partial charge is 0.361 e. The molecule has 24 heavy (non-hydrogen) atoms. The number of carbonyl (C=O) groups is 3. The summed E-state index contributed by atoms with van der Waals surface area (Å²) < 4.78 is 4.98. The molecule has 0 aliphatic carbocycles. The first-order chi connectivity index (χ1) is 11.6. The lowest BCUT2D eigenvalue weighted by Gasteiger charge is -2.13. The van der Waals surface area contributed by atoms with Crippen molar-refractivity contribution in [3.8, 4) is 0 Å². The zero-order valence-corrected chi connectivity index (χ0v) is 13.2. The molecule has 3 amide bonds. The third kappa shape index (κ3) is 2.92. The molecule has 1 N–H and O–H groups in total. The Hall–Kier alpha value is -2.96. The molecule has 1 aliphatic heterocycles. The first-order valence-electron chi connectivity index (χ1n) is 7.81. The molecule has 3 rings (SSSR count). The van der Waals surface area contributed by atoms with E-state index in [4.69, 9.17) is 4.52 Å². The van der Waals surface area contributed by atoms with E-state index in [1.807, 2.05) is 6.92 Å². The number of hydrogen-bond donors (Lipinski definition) is 1. The number of nitrogens with one attached hydrogen (secondary N) is 1. The lowest BCUT2D eigenvalue weighted by atomic mass is 10.1. The molecule has 0 fully saturated rings. The maximum Gasteiger partial charge on any atom is 0.273 e. The molecular weight excluding hydrogens is 310 g/mol. The zero-order chi connectivity index (χ0) is 17.1. The Morgan fingerprint density at radius 3 is 2.46 bits per heavy atom. The summed E-state index contributed by atoms with van der Waals surface area (Å²) in [5.41, 5.74) is 1.09. The van der Waals surface area contributed by atoms with Crippen molar-refractivity contribution in [1.82, 2.24) is 15.4 Å². The number of imide groups is 1. The number of benzene rings is 1. The molecule has 1 aliphatic rings. The Morgan fingerprint density at radius 2 is 1.88 bits per heavy atom. The van der Waals surface area contributed by atoms with Gasteiger partial charge in [-0.05, 0) is 18.6 Å². The molecule has 0 saturated heterocycles. The third-order valence-corrected chi connectivity index (χ3v) is 3.86. The van der Waals surface area contributed by atoms with E-state index < -0.39 is 0 Å². The summed E-state index contributed by atoms with van der Waals surface area (Å²) in [5, 5.41) is 6.39. The van der Waals surface area contributed by atoms with Crippen molar-refractivity contribution < 1.29 is 18.9 Å². The Labute approximate surface area is 138 Å². The van der Waals surface area contributed by atoms with Gasteiger partial charge in [0.05, 0.1) is 11.1 Å². The summed E-state index contributed by atoms with van der Waals surface area (Å²) >= 11 is 0. The highest BCUT2D eigenvalue weighted by molar-refractivity contribution is 6.21. The monoisotopic (exact) mass is 327 g/mol. The Morgan fingerprint density at radius 1 is 1.21 bits per heavy atom. The smallest absolute Gasteiger partial charge is 0.273 e. The maximum absolute atomic E-state index is 12.2. The van der Waals surface area contributed by atoms with E-state index in [1.165, 1.54) is 4.90 Å². The van der Waals surface area contributed by atoms with Gasteiger partial charge in [-0.25, -0.2) is 0 Å². The van der Waals surface area contributed by atoms with Crippen molar-refractivity contribution in [2.75, 3.05) is 13.1 Å². The van der Waals surface area contributed by atoms with Crippen molar-refractivity contribution in [2.45, 2.75) is 19.8 Å². The highest BCUT2D eigenvalue weighted by atomic mass is 16.5. The average molecular weight is 327 g/mol. The molecule has 0 unspecified atom stereocenters. The molecule has 124 valence electrons. The molecule has 2 aromatic rings. The topological polar surface area (TPSA) is 92.5 Å². The lowest BCUT2D eigenvalue weighted by molar-refractivity contribution is 0.0653. The number of aromatic nitrogens is 1. The molecule has 7 nitrogen and oxygen atoms in total. The van der Waals surface area contributed by atoms with Gasteiger partial charge in [0, 0.05) is 25.6 Å². The van der Waals surface area contributed by atoms with Gasteiger partial charge in [0.15, 0.2) is 5.69 Å². The van der Waals surface area contributed by atoms with Crippen LogP contribution < -0.4 is 5.32 Å².